The molecule has 2 unspecified atom stereocenters. The molecule has 0 aromatic heterocycles. The molecule has 0 saturated carbocycles. The van der Waals surface area contributed by atoms with E-state index < -0.39 is 0 Å². The van der Waals surface area contributed by atoms with Crippen molar-refractivity contribution in [3.63, 3.8) is 0 Å². The first-order valence-corrected chi connectivity index (χ1v) is 10.3. The molecule has 0 nitrogen and oxygen atoms in total. The van der Waals surface area contributed by atoms with Crippen molar-refractivity contribution in [1.82, 2.24) is 0 Å². The lowest BCUT2D eigenvalue weighted by Gasteiger charge is -2.35. The Balaban J connectivity index is 2.29. The molecule has 0 spiro atoms. The fourth-order valence-electron chi connectivity index (χ4n) is 3.17. The molecule has 0 aliphatic carbocycles. The maximum Gasteiger partial charge on any atom is 0.0197 e. The largest absolute Gasteiger partial charge is 0.0984 e. The van der Waals surface area contributed by atoms with E-state index in [2.05, 4.69) is 94.9 Å². The highest BCUT2D eigenvalue weighted by Gasteiger charge is 2.32. The van der Waals surface area contributed by atoms with Gasteiger partial charge in [-0.2, -0.15) is 0 Å². The van der Waals surface area contributed by atoms with Crippen LogP contribution in [0.4, 0.5) is 0 Å². The molecular formula is C24H31P. The van der Waals surface area contributed by atoms with E-state index in [-0.39, 0.29) is 5.41 Å². The van der Waals surface area contributed by atoms with Crippen LogP contribution in [-0.2, 0) is 5.41 Å². The van der Waals surface area contributed by atoms with Crippen LogP contribution >= 0.6 is 8.58 Å². The van der Waals surface area contributed by atoms with Crippen LogP contribution in [0.25, 0.3) is 0 Å². The summed E-state index contributed by atoms with van der Waals surface area (Å²) < 4.78 is 0. The van der Waals surface area contributed by atoms with Crippen LogP contribution in [0.2, 0.25) is 0 Å². The molecule has 0 aliphatic heterocycles. The van der Waals surface area contributed by atoms with Crippen molar-refractivity contribution in [3.8, 4) is 0 Å². The summed E-state index contributed by atoms with van der Waals surface area (Å²) in [4.78, 5) is 0. The maximum absolute atomic E-state index is 3.97. The van der Waals surface area contributed by atoms with Gasteiger partial charge in [-0.15, -0.1) is 0 Å². The Labute approximate surface area is 155 Å². The van der Waals surface area contributed by atoms with Crippen molar-refractivity contribution in [1.29, 1.82) is 0 Å². The first-order valence-electron chi connectivity index (χ1n) is 9.28. The van der Waals surface area contributed by atoms with E-state index in [0.717, 1.165) is 6.42 Å². The van der Waals surface area contributed by atoms with Gasteiger partial charge < -0.3 is 0 Å². The van der Waals surface area contributed by atoms with E-state index >= 15 is 0 Å². The SMILES string of the molecule is C=C/C(=C\CCC)Pc1ccc(C(C)(c2ccccc2)C(C)C)cc1. The minimum absolute atomic E-state index is 0.0300. The maximum atomic E-state index is 3.97. The lowest BCUT2D eigenvalue weighted by molar-refractivity contribution is 0.405. The van der Waals surface area contributed by atoms with E-state index in [1.165, 1.54) is 28.2 Å². The van der Waals surface area contributed by atoms with Crippen LogP contribution in [0.5, 0.6) is 0 Å². The third-order valence-electron chi connectivity index (χ3n) is 5.17. The first kappa shape index (κ1) is 19.7. The third-order valence-corrected chi connectivity index (χ3v) is 6.49. The summed E-state index contributed by atoms with van der Waals surface area (Å²) in [6.45, 7) is 13.2. The minimum Gasteiger partial charge on any atom is -0.0984 e. The Bertz CT molecular complexity index is 695. The lowest BCUT2D eigenvalue weighted by atomic mass is 9.68. The van der Waals surface area contributed by atoms with Gasteiger partial charge in [0.05, 0.1) is 0 Å². The highest BCUT2D eigenvalue weighted by Crippen LogP contribution is 2.39. The Hall–Kier alpha value is -1.65. The highest BCUT2D eigenvalue weighted by molar-refractivity contribution is 7.52. The quantitative estimate of drug-likeness (QED) is 0.362. The van der Waals surface area contributed by atoms with Crippen molar-refractivity contribution in [2.24, 2.45) is 5.92 Å². The van der Waals surface area contributed by atoms with Crippen molar-refractivity contribution < 1.29 is 0 Å². The summed E-state index contributed by atoms with van der Waals surface area (Å²) in [6.07, 6.45) is 6.64. The van der Waals surface area contributed by atoms with Crippen molar-refractivity contribution in [3.05, 3.63) is 89.8 Å². The average molecular weight is 350 g/mol. The van der Waals surface area contributed by atoms with Gasteiger partial charge in [-0.1, -0.05) is 116 Å². The molecule has 2 rings (SSSR count). The molecule has 0 radical (unpaired) electrons. The summed E-state index contributed by atoms with van der Waals surface area (Å²) in [7, 11) is 0.689. The summed E-state index contributed by atoms with van der Waals surface area (Å²) in [5, 5.41) is 2.73. The van der Waals surface area contributed by atoms with E-state index in [1.807, 2.05) is 6.08 Å². The summed E-state index contributed by atoms with van der Waals surface area (Å²) >= 11 is 0. The van der Waals surface area contributed by atoms with E-state index in [9.17, 15) is 0 Å². The molecule has 132 valence electrons. The first-order chi connectivity index (χ1) is 12.0. The van der Waals surface area contributed by atoms with Gasteiger partial charge in [0, 0.05) is 5.41 Å². The van der Waals surface area contributed by atoms with Crippen LogP contribution < -0.4 is 5.30 Å². The Morgan fingerprint density at radius 2 is 1.64 bits per heavy atom. The number of rotatable bonds is 8. The van der Waals surface area contributed by atoms with Gasteiger partial charge in [0.15, 0.2) is 0 Å². The number of unbranched alkanes of at least 4 members (excludes halogenated alkanes) is 1. The van der Waals surface area contributed by atoms with Crippen molar-refractivity contribution in [2.75, 3.05) is 0 Å². The third kappa shape index (κ3) is 4.71. The molecular weight excluding hydrogens is 319 g/mol. The molecule has 25 heavy (non-hydrogen) atoms. The summed E-state index contributed by atoms with van der Waals surface area (Å²) in [5.41, 5.74) is 2.80. The Kier molecular flexibility index (Phi) is 7.21. The van der Waals surface area contributed by atoms with Gasteiger partial charge in [0.1, 0.15) is 0 Å². The molecule has 0 N–H and O–H groups in total. The van der Waals surface area contributed by atoms with Crippen molar-refractivity contribution >= 4 is 13.9 Å². The summed E-state index contributed by atoms with van der Waals surface area (Å²) in [6, 6.07) is 20.1. The van der Waals surface area contributed by atoms with E-state index in [1.54, 1.807) is 0 Å². The molecule has 0 fully saturated rings. The lowest BCUT2D eigenvalue weighted by Crippen LogP contribution is -2.30. The van der Waals surface area contributed by atoms with Gasteiger partial charge in [-0.25, -0.2) is 0 Å². The van der Waals surface area contributed by atoms with Crippen LogP contribution in [0.15, 0.2) is 78.6 Å². The van der Waals surface area contributed by atoms with E-state index in [0.29, 0.717) is 14.5 Å². The molecule has 2 atom stereocenters. The van der Waals surface area contributed by atoms with E-state index in [4.69, 9.17) is 0 Å². The monoisotopic (exact) mass is 350 g/mol. The second-order valence-electron chi connectivity index (χ2n) is 7.08. The van der Waals surface area contributed by atoms with Gasteiger partial charge in [0.2, 0.25) is 0 Å². The normalized spacial score (nSPS) is 14.8. The Morgan fingerprint density at radius 1 is 1.04 bits per heavy atom. The average Bonchev–Trinajstić information content (AvgIpc) is 2.65. The summed E-state index contributed by atoms with van der Waals surface area (Å²) in [5.74, 6) is 0.524. The van der Waals surface area contributed by atoms with Crippen LogP contribution in [-0.4, -0.2) is 0 Å². The predicted molar refractivity (Wildman–Crippen MR) is 115 cm³/mol. The molecule has 1 heteroatoms. The zero-order valence-corrected chi connectivity index (χ0v) is 17.0. The molecule has 2 aromatic carbocycles. The number of hydrogen-bond acceptors (Lipinski definition) is 0. The molecule has 0 bridgehead atoms. The van der Waals surface area contributed by atoms with Gasteiger partial charge in [-0.3, -0.25) is 0 Å². The standard InChI is InChI=1S/C24H31P/c1-6-8-14-22(7-2)25-23-17-15-21(16-18-23)24(5,19(3)4)20-12-10-9-11-13-20/h7,9-19,25H,2,6,8H2,1,3-5H3/b22-14+. The second-order valence-corrected chi connectivity index (χ2v) is 8.48. The predicted octanol–water partition coefficient (Wildman–Crippen LogP) is 6.82. The van der Waals surface area contributed by atoms with Gasteiger partial charge >= 0.3 is 0 Å². The Morgan fingerprint density at radius 3 is 2.16 bits per heavy atom. The number of allylic oxidation sites excluding steroid dienone is 3. The number of hydrogen-bond donors (Lipinski definition) is 0. The van der Waals surface area contributed by atoms with Gasteiger partial charge in [0.25, 0.3) is 0 Å². The van der Waals surface area contributed by atoms with Crippen molar-refractivity contribution in [2.45, 2.75) is 46.0 Å². The van der Waals surface area contributed by atoms with Crippen LogP contribution in [0.3, 0.4) is 0 Å². The zero-order valence-electron chi connectivity index (χ0n) is 16.0. The van der Waals surface area contributed by atoms with Crippen LogP contribution in [0.1, 0.15) is 51.7 Å². The fraction of sp³-hybridized carbons (Fsp3) is 0.333. The van der Waals surface area contributed by atoms with Crippen LogP contribution in [0, 0.1) is 5.92 Å². The minimum atomic E-state index is 0.0300. The molecule has 0 amide bonds. The topological polar surface area (TPSA) is 0 Å². The highest BCUT2D eigenvalue weighted by atomic mass is 31.1. The smallest absolute Gasteiger partial charge is 0.0197 e. The molecule has 0 heterocycles. The molecule has 2 aromatic rings. The number of benzene rings is 2. The zero-order chi connectivity index (χ0) is 18.3. The fourth-order valence-corrected chi connectivity index (χ4v) is 4.18. The molecule has 0 saturated heterocycles. The molecule has 0 aliphatic rings. The van der Waals surface area contributed by atoms with Gasteiger partial charge in [-0.05, 0) is 34.1 Å². The second kappa shape index (κ2) is 9.16.